The molecule has 1 aliphatic rings. The molecule has 0 spiro atoms. The average molecular weight is 561 g/mol. The van der Waals surface area contributed by atoms with E-state index in [0.29, 0.717) is 44.3 Å². The van der Waals surface area contributed by atoms with Crippen LogP contribution in [-0.2, 0) is 14.8 Å². The van der Waals surface area contributed by atoms with E-state index in [9.17, 15) is 13.2 Å². The number of halogens is 2. The summed E-state index contributed by atoms with van der Waals surface area (Å²) in [5.74, 6) is 0.865. The maximum atomic E-state index is 13.8. The topological polar surface area (TPSA) is 145 Å². The molecule has 1 fully saturated rings. The zero-order valence-corrected chi connectivity index (χ0v) is 22.9. The Morgan fingerprint density at radius 1 is 1.33 bits per heavy atom. The highest BCUT2D eigenvalue weighted by molar-refractivity contribution is 7.89. The molecule has 0 radical (unpaired) electrons. The number of sulfonamides is 1. The van der Waals surface area contributed by atoms with E-state index >= 15 is 0 Å². The second kappa shape index (κ2) is 13.0. The first-order valence-electron chi connectivity index (χ1n) is 12.1. The number of piperidine rings is 1. The van der Waals surface area contributed by atoms with Crippen LogP contribution >= 0.6 is 23.2 Å². The molecular formula is C23H35Cl2N7O3S. The molecule has 1 aromatic carbocycles. The van der Waals surface area contributed by atoms with Gasteiger partial charge in [0.05, 0.1) is 20.6 Å². The third-order valence-electron chi connectivity index (χ3n) is 6.31. The van der Waals surface area contributed by atoms with Gasteiger partial charge in [0.15, 0.2) is 5.95 Å². The van der Waals surface area contributed by atoms with Crippen LogP contribution in [0.4, 0.5) is 11.6 Å². The lowest BCUT2D eigenvalue weighted by Gasteiger charge is -2.40. The van der Waals surface area contributed by atoms with Crippen LogP contribution < -0.4 is 21.1 Å². The van der Waals surface area contributed by atoms with Gasteiger partial charge >= 0.3 is 0 Å². The molecule has 13 heteroatoms. The van der Waals surface area contributed by atoms with Crippen LogP contribution in [-0.4, -0.2) is 67.5 Å². The van der Waals surface area contributed by atoms with Crippen LogP contribution in [0.5, 0.6) is 0 Å². The summed E-state index contributed by atoms with van der Waals surface area (Å²) in [4.78, 5) is 22.5. The quantitative estimate of drug-likeness (QED) is 0.198. The smallest absolute Gasteiger partial charge is 0.241 e. The van der Waals surface area contributed by atoms with E-state index in [-0.39, 0.29) is 32.6 Å². The molecule has 0 bridgehead atoms. The van der Waals surface area contributed by atoms with Crippen molar-refractivity contribution in [1.82, 2.24) is 24.9 Å². The van der Waals surface area contributed by atoms with Gasteiger partial charge in [0.2, 0.25) is 15.9 Å². The zero-order valence-electron chi connectivity index (χ0n) is 20.6. The maximum absolute atomic E-state index is 13.8. The largest absolute Gasteiger partial charge is 0.396 e. The lowest BCUT2D eigenvalue weighted by atomic mass is 9.91. The molecular weight excluding hydrogens is 525 g/mol. The molecule has 2 aromatic rings. The van der Waals surface area contributed by atoms with Gasteiger partial charge in [-0.1, -0.05) is 37.0 Å². The van der Waals surface area contributed by atoms with Gasteiger partial charge in [-0.2, -0.15) is 4.72 Å². The second-order valence-electron chi connectivity index (χ2n) is 9.10. The number of hydrogen-bond donors (Lipinski definition) is 5. The van der Waals surface area contributed by atoms with Crippen molar-refractivity contribution < 1.29 is 13.2 Å². The molecule has 200 valence electrons. The number of nitrogens with zero attached hydrogens (tertiary/aromatic N) is 2. The number of hydrogen-bond acceptors (Lipinski definition) is 7. The predicted molar refractivity (Wildman–Crippen MR) is 144 cm³/mol. The summed E-state index contributed by atoms with van der Waals surface area (Å²) in [5.41, 5.74) is 5.87. The Labute approximate surface area is 222 Å². The number of benzene rings is 1. The fourth-order valence-electron chi connectivity index (χ4n) is 4.33. The van der Waals surface area contributed by atoms with Crippen molar-refractivity contribution in [1.29, 1.82) is 0 Å². The second-order valence-corrected chi connectivity index (χ2v) is 11.6. The number of amides is 1. The minimum absolute atomic E-state index is 0.00476. The van der Waals surface area contributed by atoms with E-state index in [4.69, 9.17) is 28.9 Å². The first kappa shape index (κ1) is 28.5. The third-order valence-corrected chi connectivity index (χ3v) is 8.39. The molecule has 36 heavy (non-hydrogen) atoms. The highest BCUT2D eigenvalue weighted by Gasteiger charge is 2.35. The number of likely N-dealkylation sites (N-methyl/N-ethyl adjacent to an activating group) is 1. The molecule has 3 rings (SSSR count). The van der Waals surface area contributed by atoms with Crippen molar-refractivity contribution in [2.24, 2.45) is 5.92 Å². The summed E-state index contributed by atoms with van der Waals surface area (Å²) in [6.45, 7) is 6.74. The molecule has 2 heterocycles. The van der Waals surface area contributed by atoms with E-state index in [1.165, 1.54) is 12.1 Å². The van der Waals surface area contributed by atoms with E-state index < -0.39 is 16.1 Å². The van der Waals surface area contributed by atoms with Crippen LogP contribution in [0.2, 0.25) is 10.0 Å². The maximum Gasteiger partial charge on any atom is 0.241 e. The van der Waals surface area contributed by atoms with Crippen molar-refractivity contribution in [2.45, 2.75) is 56.5 Å². The Bertz CT molecular complexity index is 1090. The molecule has 1 aromatic heterocycles. The fourth-order valence-corrected chi connectivity index (χ4v) is 6.22. The van der Waals surface area contributed by atoms with Crippen LogP contribution in [0, 0.1) is 5.92 Å². The summed E-state index contributed by atoms with van der Waals surface area (Å²) < 4.78 is 29.2. The van der Waals surface area contributed by atoms with Crippen molar-refractivity contribution >= 4 is 50.8 Å². The Hall–Kier alpha value is -2.05. The van der Waals surface area contributed by atoms with Crippen LogP contribution in [0.3, 0.4) is 0 Å². The number of likely N-dealkylation sites (tertiary alicyclic amines) is 1. The fraction of sp³-hybridized carbons (Fsp3) is 0.565. The lowest BCUT2D eigenvalue weighted by Crippen LogP contribution is -2.56. The number of nitrogens with one attached hydrogen (secondary N) is 4. The van der Waals surface area contributed by atoms with Gasteiger partial charge in [-0.3, -0.25) is 4.79 Å². The molecule has 0 saturated carbocycles. The van der Waals surface area contributed by atoms with Crippen molar-refractivity contribution in [2.75, 3.05) is 37.2 Å². The summed E-state index contributed by atoms with van der Waals surface area (Å²) in [7, 11) is -4.11. The molecule has 10 nitrogen and oxygen atoms in total. The van der Waals surface area contributed by atoms with Crippen molar-refractivity contribution in [3.8, 4) is 0 Å². The number of anilines is 2. The van der Waals surface area contributed by atoms with E-state index in [2.05, 4.69) is 32.2 Å². The predicted octanol–water partition coefficient (Wildman–Crippen LogP) is 3.07. The van der Waals surface area contributed by atoms with Gasteiger partial charge in [-0.15, -0.1) is 0 Å². The van der Waals surface area contributed by atoms with Gasteiger partial charge in [0.1, 0.15) is 6.04 Å². The van der Waals surface area contributed by atoms with Gasteiger partial charge in [0, 0.05) is 38.1 Å². The molecule has 3 atom stereocenters. The minimum atomic E-state index is -4.11. The number of carbonyl (C=O) groups excluding carboxylic acids is 1. The van der Waals surface area contributed by atoms with E-state index in [1.54, 1.807) is 12.4 Å². The summed E-state index contributed by atoms with van der Waals surface area (Å²) in [5, 5.41) is 6.52. The molecule has 1 amide bonds. The van der Waals surface area contributed by atoms with E-state index in [0.717, 1.165) is 19.4 Å². The molecule has 0 aliphatic carbocycles. The summed E-state index contributed by atoms with van der Waals surface area (Å²) in [6.07, 6.45) is 5.90. The number of rotatable bonds is 12. The molecule has 2 unspecified atom stereocenters. The number of imidazole rings is 1. The minimum Gasteiger partial charge on any atom is -0.396 e. The molecule has 6 N–H and O–H groups in total. The number of carbonyl (C=O) groups is 1. The van der Waals surface area contributed by atoms with Gasteiger partial charge in [-0.05, 0) is 50.3 Å². The van der Waals surface area contributed by atoms with Crippen LogP contribution in [0.1, 0.15) is 39.5 Å². The number of aromatic nitrogens is 2. The van der Waals surface area contributed by atoms with Crippen LogP contribution in [0.15, 0.2) is 29.4 Å². The zero-order chi connectivity index (χ0) is 26.3. The Morgan fingerprint density at radius 2 is 2.06 bits per heavy atom. The van der Waals surface area contributed by atoms with Gasteiger partial charge in [-0.25, -0.2) is 13.4 Å². The molecule has 1 aliphatic heterocycles. The van der Waals surface area contributed by atoms with Crippen molar-refractivity contribution in [3.05, 3.63) is 34.6 Å². The number of aromatic amines is 1. The Kier molecular flexibility index (Phi) is 10.3. The normalized spacial score (nSPS) is 19.3. The average Bonchev–Trinajstić information content (AvgIpc) is 3.36. The van der Waals surface area contributed by atoms with E-state index in [1.807, 2.05) is 11.8 Å². The highest BCUT2D eigenvalue weighted by Crippen LogP contribution is 2.31. The summed E-state index contributed by atoms with van der Waals surface area (Å²) in [6, 6.07) is 1.51. The molecule has 1 saturated heterocycles. The summed E-state index contributed by atoms with van der Waals surface area (Å²) >= 11 is 12.2. The SMILES string of the molecule is CCNCC1CC(C)CCN1C(=O)[C@H](CCCNc1ncc[nH]1)NS(=O)(=O)c1cc(Cl)c(N)c(Cl)c1. The number of nitrogen functional groups attached to an aromatic ring is 1. The first-order valence-corrected chi connectivity index (χ1v) is 14.4. The van der Waals surface area contributed by atoms with Crippen molar-refractivity contribution in [3.63, 3.8) is 0 Å². The number of H-pyrrole nitrogens is 1. The Morgan fingerprint density at radius 3 is 2.69 bits per heavy atom. The Balaban J connectivity index is 1.80. The number of nitrogens with two attached hydrogens (primary N) is 1. The lowest BCUT2D eigenvalue weighted by molar-refractivity contribution is -0.137. The standard InChI is InChI=1S/C23H35Cl2N7O3S/c1-3-27-14-16-11-15(2)6-10-32(16)22(33)20(5-4-7-28-23-29-8-9-30-23)31-36(34,35)17-12-18(24)21(26)19(25)13-17/h8-9,12-13,15-16,20,27,31H,3-7,10-11,14,26H2,1-2H3,(H2,28,29,30)/t15?,16?,20-/m0/s1. The van der Waals surface area contributed by atoms with Gasteiger partial charge < -0.3 is 26.3 Å². The van der Waals surface area contributed by atoms with Gasteiger partial charge in [0.25, 0.3) is 0 Å². The third kappa shape index (κ3) is 7.48. The first-order chi connectivity index (χ1) is 17.1. The highest BCUT2D eigenvalue weighted by atomic mass is 35.5. The van der Waals surface area contributed by atoms with Crippen LogP contribution in [0.25, 0.3) is 0 Å². The monoisotopic (exact) mass is 559 g/mol.